The molecule has 2 aromatic rings. The lowest BCUT2D eigenvalue weighted by atomic mass is 10.1. The first-order chi connectivity index (χ1) is 7.18. The van der Waals surface area contributed by atoms with Crippen molar-refractivity contribution in [3.63, 3.8) is 0 Å². The third-order valence-electron chi connectivity index (χ3n) is 2.12. The number of halogens is 1. The number of nitrogens with zero attached hydrogens (tertiary/aromatic N) is 1. The molecule has 0 spiro atoms. The van der Waals surface area contributed by atoms with Crippen molar-refractivity contribution in [2.75, 3.05) is 0 Å². The van der Waals surface area contributed by atoms with E-state index < -0.39 is 11.8 Å². The molecule has 3 nitrogen and oxygen atoms in total. The molecule has 4 heteroatoms. The number of carboxylic acid groups (broad SMARTS) is 1. The van der Waals surface area contributed by atoms with E-state index in [1.807, 2.05) is 0 Å². The average Bonchev–Trinajstić information content (AvgIpc) is 2.22. The molecule has 0 bridgehead atoms. The number of benzene rings is 1. The molecule has 15 heavy (non-hydrogen) atoms. The molecule has 1 N–H and O–H groups in total. The van der Waals surface area contributed by atoms with Gasteiger partial charge in [-0.1, -0.05) is 12.1 Å². The zero-order valence-corrected chi connectivity index (χ0v) is 7.77. The summed E-state index contributed by atoms with van der Waals surface area (Å²) in [6.07, 6.45) is 0.926. The Kier molecular flexibility index (Phi) is 2.33. The number of hydrogen-bond donors (Lipinski definition) is 1. The van der Waals surface area contributed by atoms with Gasteiger partial charge in [0.2, 0.25) is 0 Å². The first kappa shape index (κ1) is 9.58. The second kappa shape index (κ2) is 3.65. The molecule has 0 aliphatic rings. The number of aromatic nitrogens is 1. The summed E-state index contributed by atoms with van der Waals surface area (Å²) in [5, 5.41) is 8.93. The van der Waals surface area contributed by atoms with Crippen molar-refractivity contribution in [3.05, 3.63) is 41.8 Å². The van der Waals surface area contributed by atoms with E-state index in [1.165, 1.54) is 6.20 Å². The van der Waals surface area contributed by atoms with Crippen LogP contribution < -0.4 is 0 Å². The van der Waals surface area contributed by atoms with Crippen molar-refractivity contribution in [2.45, 2.75) is 6.42 Å². The standard InChI is InChI=1S/C11H8FNO2/c12-11-7(5-10(14)15)6-13-9-4-2-1-3-8(9)11/h1-4,6H,5H2,(H,14,15). The fourth-order valence-electron chi connectivity index (χ4n) is 1.44. The Hall–Kier alpha value is -1.97. The number of carboxylic acids is 1. The molecule has 1 aromatic heterocycles. The summed E-state index contributed by atoms with van der Waals surface area (Å²) in [7, 11) is 0. The molecule has 1 heterocycles. The summed E-state index contributed by atoms with van der Waals surface area (Å²) in [6, 6.07) is 6.72. The van der Waals surface area contributed by atoms with E-state index in [0.29, 0.717) is 10.9 Å². The van der Waals surface area contributed by atoms with Crippen molar-refractivity contribution < 1.29 is 14.3 Å². The van der Waals surface area contributed by atoms with Gasteiger partial charge in [0.1, 0.15) is 5.82 Å². The Labute approximate surface area is 85.2 Å². The Morgan fingerprint density at radius 2 is 2.13 bits per heavy atom. The van der Waals surface area contributed by atoms with Crippen LogP contribution in [-0.4, -0.2) is 16.1 Å². The quantitative estimate of drug-likeness (QED) is 0.815. The summed E-state index contributed by atoms with van der Waals surface area (Å²) >= 11 is 0. The Balaban J connectivity index is 2.59. The van der Waals surface area contributed by atoms with Gasteiger partial charge in [0.05, 0.1) is 11.9 Å². The van der Waals surface area contributed by atoms with Crippen LogP contribution in [0.2, 0.25) is 0 Å². The molecule has 0 saturated heterocycles. The molecule has 76 valence electrons. The van der Waals surface area contributed by atoms with Gasteiger partial charge in [0.25, 0.3) is 0 Å². The largest absolute Gasteiger partial charge is 0.481 e. The summed E-state index contributed by atoms with van der Waals surface area (Å²) in [6.45, 7) is 0. The normalized spacial score (nSPS) is 10.5. The number of hydrogen-bond acceptors (Lipinski definition) is 2. The molecule has 0 unspecified atom stereocenters. The summed E-state index contributed by atoms with van der Waals surface area (Å²) < 4.78 is 13.7. The molecule has 2 rings (SSSR count). The fraction of sp³-hybridized carbons (Fsp3) is 0.0909. The third kappa shape index (κ3) is 1.79. The first-order valence-corrected chi connectivity index (χ1v) is 4.42. The van der Waals surface area contributed by atoms with Crippen LogP contribution in [0.25, 0.3) is 10.9 Å². The summed E-state index contributed by atoms with van der Waals surface area (Å²) in [5.41, 5.74) is 0.644. The van der Waals surface area contributed by atoms with Crippen LogP contribution in [0.3, 0.4) is 0 Å². The maximum absolute atomic E-state index is 13.7. The number of aliphatic carboxylic acids is 1. The molecule has 0 saturated carbocycles. The summed E-state index contributed by atoms with van der Waals surface area (Å²) in [4.78, 5) is 14.5. The van der Waals surface area contributed by atoms with Gasteiger partial charge in [-0.3, -0.25) is 9.78 Å². The number of fused-ring (bicyclic) bond motifs is 1. The van der Waals surface area contributed by atoms with Gasteiger partial charge >= 0.3 is 5.97 Å². The van der Waals surface area contributed by atoms with E-state index in [-0.39, 0.29) is 12.0 Å². The minimum absolute atomic E-state index is 0.112. The van der Waals surface area contributed by atoms with Crippen LogP contribution in [0.5, 0.6) is 0 Å². The van der Waals surface area contributed by atoms with E-state index in [0.717, 1.165) is 0 Å². The predicted octanol–water partition coefficient (Wildman–Crippen LogP) is 2.00. The highest BCUT2D eigenvalue weighted by molar-refractivity contribution is 5.81. The van der Waals surface area contributed by atoms with Crippen LogP contribution in [0.1, 0.15) is 5.56 Å². The Bertz CT molecular complexity index is 525. The minimum atomic E-state index is -1.06. The van der Waals surface area contributed by atoms with Gasteiger partial charge in [0, 0.05) is 17.1 Å². The predicted molar refractivity (Wildman–Crippen MR) is 53.0 cm³/mol. The van der Waals surface area contributed by atoms with Crippen molar-refractivity contribution in [1.82, 2.24) is 4.98 Å². The molecule has 0 aliphatic heterocycles. The monoisotopic (exact) mass is 205 g/mol. The van der Waals surface area contributed by atoms with Gasteiger partial charge in [-0.2, -0.15) is 0 Å². The number of rotatable bonds is 2. The van der Waals surface area contributed by atoms with Gasteiger partial charge in [0.15, 0.2) is 0 Å². The van der Waals surface area contributed by atoms with Crippen molar-refractivity contribution in [3.8, 4) is 0 Å². The van der Waals surface area contributed by atoms with Gasteiger partial charge in [-0.15, -0.1) is 0 Å². The van der Waals surface area contributed by atoms with Crippen molar-refractivity contribution in [1.29, 1.82) is 0 Å². The number of para-hydroxylation sites is 1. The topological polar surface area (TPSA) is 50.2 Å². The second-order valence-electron chi connectivity index (χ2n) is 3.19. The van der Waals surface area contributed by atoms with E-state index in [4.69, 9.17) is 5.11 Å². The van der Waals surface area contributed by atoms with Crippen LogP contribution in [0.15, 0.2) is 30.5 Å². The first-order valence-electron chi connectivity index (χ1n) is 4.42. The fourth-order valence-corrected chi connectivity index (χ4v) is 1.44. The number of pyridine rings is 1. The zero-order chi connectivity index (χ0) is 10.8. The van der Waals surface area contributed by atoms with Gasteiger partial charge in [-0.05, 0) is 12.1 Å². The zero-order valence-electron chi connectivity index (χ0n) is 7.77. The molecule has 0 radical (unpaired) electrons. The van der Waals surface area contributed by atoms with E-state index in [2.05, 4.69) is 4.98 Å². The van der Waals surface area contributed by atoms with Crippen LogP contribution in [0.4, 0.5) is 4.39 Å². The highest BCUT2D eigenvalue weighted by Crippen LogP contribution is 2.18. The number of carbonyl (C=O) groups is 1. The maximum atomic E-state index is 13.7. The lowest BCUT2D eigenvalue weighted by Gasteiger charge is -2.02. The van der Waals surface area contributed by atoms with Gasteiger partial charge in [-0.25, -0.2) is 4.39 Å². The second-order valence-corrected chi connectivity index (χ2v) is 3.19. The molecule has 0 atom stereocenters. The van der Waals surface area contributed by atoms with Crippen LogP contribution in [-0.2, 0) is 11.2 Å². The molecule has 0 aliphatic carbocycles. The smallest absolute Gasteiger partial charge is 0.307 e. The lowest BCUT2D eigenvalue weighted by Crippen LogP contribution is -2.03. The highest BCUT2D eigenvalue weighted by Gasteiger charge is 2.10. The average molecular weight is 205 g/mol. The maximum Gasteiger partial charge on any atom is 0.307 e. The highest BCUT2D eigenvalue weighted by atomic mass is 19.1. The van der Waals surface area contributed by atoms with E-state index in [9.17, 15) is 9.18 Å². The van der Waals surface area contributed by atoms with Crippen molar-refractivity contribution in [2.24, 2.45) is 0 Å². The third-order valence-corrected chi connectivity index (χ3v) is 2.12. The lowest BCUT2D eigenvalue weighted by molar-refractivity contribution is -0.136. The Morgan fingerprint density at radius 3 is 2.87 bits per heavy atom. The molecular formula is C11H8FNO2. The molecular weight excluding hydrogens is 197 g/mol. The Morgan fingerprint density at radius 1 is 1.40 bits per heavy atom. The van der Waals surface area contributed by atoms with Crippen LogP contribution >= 0.6 is 0 Å². The minimum Gasteiger partial charge on any atom is -0.481 e. The van der Waals surface area contributed by atoms with Gasteiger partial charge < -0.3 is 5.11 Å². The van der Waals surface area contributed by atoms with E-state index in [1.54, 1.807) is 24.3 Å². The van der Waals surface area contributed by atoms with Crippen molar-refractivity contribution >= 4 is 16.9 Å². The summed E-state index contributed by atoms with van der Waals surface area (Å²) in [5.74, 6) is -1.56. The molecule has 1 aromatic carbocycles. The van der Waals surface area contributed by atoms with Crippen LogP contribution in [0, 0.1) is 5.82 Å². The molecule has 0 fully saturated rings. The molecule has 0 amide bonds. The van der Waals surface area contributed by atoms with E-state index >= 15 is 0 Å². The SMILES string of the molecule is O=C(O)Cc1cnc2ccccc2c1F.